The fourth-order valence-corrected chi connectivity index (χ4v) is 7.56. The van der Waals surface area contributed by atoms with E-state index in [-0.39, 0.29) is 54.0 Å². The normalized spacial score (nSPS) is 15.8. The van der Waals surface area contributed by atoms with E-state index in [0.29, 0.717) is 18.6 Å². The quantitative estimate of drug-likeness (QED) is 0.161. The van der Waals surface area contributed by atoms with Gasteiger partial charge in [-0.3, -0.25) is 14.1 Å². The van der Waals surface area contributed by atoms with E-state index in [1.54, 1.807) is 33.7 Å². The summed E-state index contributed by atoms with van der Waals surface area (Å²) in [4.78, 5) is 44.2. The molecule has 55 heavy (non-hydrogen) atoms. The highest BCUT2D eigenvalue weighted by Gasteiger charge is 2.47. The zero-order valence-corrected chi connectivity index (χ0v) is 31.7. The number of likely N-dealkylation sites (N-methyl/N-ethyl adjacent to an activating group) is 1. The zero-order valence-electron chi connectivity index (χ0n) is 30.9. The van der Waals surface area contributed by atoms with Gasteiger partial charge in [-0.15, -0.1) is 0 Å². The number of hydrogen-bond acceptors (Lipinski definition) is 10. The Balaban J connectivity index is 1.07. The van der Waals surface area contributed by atoms with Gasteiger partial charge in [0, 0.05) is 32.7 Å². The highest BCUT2D eigenvalue weighted by molar-refractivity contribution is 7.90. The van der Waals surface area contributed by atoms with Gasteiger partial charge in [0.25, 0.3) is 5.56 Å². The third-order valence-electron chi connectivity index (χ3n) is 9.70. The first kappa shape index (κ1) is 39.4. The van der Waals surface area contributed by atoms with Gasteiger partial charge in [-0.25, -0.2) is 23.4 Å². The van der Waals surface area contributed by atoms with Crippen molar-refractivity contribution < 1.29 is 45.7 Å². The molecule has 2 aliphatic rings. The minimum atomic E-state index is -4.40. The summed E-state index contributed by atoms with van der Waals surface area (Å²) in [6, 6.07) is 14.7. The van der Waals surface area contributed by atoms with Crippen molar-refractivity contribution in [2.75, 3.05) is 38.0 Å². The molecule has 2 fully saturated rings. The van der Waals surface area contributed by atoms with Gasteiger partial charge in [-0.2, -0.15) is 12.7 Å². The van der Waals surface area contributed by atoms with Crippen molar-refractivity contribution in [2.45, 2.75) is 64.7 Å². The number of halogens is 2. The first-order chi connectivity index (χ1) is 26.0. The summed E-state index contributed by atoms with van der Waals surface area (Å²) in [5.41, 5.74) is -0.430. The maximum atomic E-state index is 15.6. The number of carbonyl (C=O) groups is 2. The Morgan fingerprint density at radius 2 is 1.73 bits per heavy atom. The summed E-state index contributed by atoms with van der Waals surface area (Å²) in [7, 11) is -3.23. The molecular weight excluding hydrogens is 741 g/mol. The van der Waals surface area contributed by atoms with E-state index in [1.165, 1.54) is 31.6 Å². The number of amides is 1. The Morgan fingerprint density at radius 3 is 2.42 bits per heavy atom. The number of likely N-dealkylation sites (tertiary alicyclic amines) is 1. The van der Waals surface area contributed by atoms with Crippen LogP contribution in [0.5, 0.6) is 11.5 Å². The van der Waals surface area contributed by atoms with Gasteiger partial charge in [0.2, 0.25) is 5.75 Å². The molecule has 294 valence electrons. The molecule has 4 aromatic rings. The SMILES string of the molecule is CN(CCOC(=O)OCc1ccccc1)S(=O)(=O)Nc1ccc(F)c(Oc2ccc3ncn(C4CC5(CCN(C(=O)OC(C)(C)C)CC5)C4)c(=O)c3c2)c1F. The molecule has 0 atom stereocenters. The topological polar surface area (TPSA) is 159 Å². The molecule has 1 aliphatic carbocycles. The summed E-state index contributed by atoms with van der Waals surface area (Å²) < 4.78 is 81.9. The Kier molecular flexibility index (Phi) is 11.3. The Hall–Kier alpha value is -5.29. The second kappa shape index (κ2) is 15.8. The van der Waals surface area contributed by atoms with Crippen LogP contribution in [0.15, 0.2) is 71.8 Å². The minimum absolute atomic E-state index is 0.00332. The van der Waals surface area contributed by atoms with E-state index in [9.17, 15) is 27.2 Å². The van der Waals surface area contributed by atoms with Crippen LogP contribution in [0.25, 0.3) is 10.9 Å². The fourth-order valence-electron chi connectivity index (χ4n) is 6.65. The molecule has 2 heterocycles. The van der Waals surface area contributed by atoms with E-state index < -0.39 is 45.0 Å². The molecule has 1 aliphatic heterocycles. The molecule has 1 N–H and O–H groups in total. The third-order valence-corrected chi connectivity index (χ3v) is 11.2. The van der Waals surface area contributed by atoms with Crippen LogP contribution in [0.4, 0.5) is 24.1 Å². The van der Waals surface area contributed by atoms with E-state index in [2.05, 4.69) is 9.71 Å². The minimum Gasteiger partial charge on any atom is -0.451 e. The van der Waals surface area contributed by atoms with Crippen LogP contribution in [0.3, 0.4) is 0 Å². The molecule has 0 unspecified atom stereocenters. The molecule has 3 aromatic carbocycles. The van der Waals surface area contributed by atoms with Gasteiger partial charge in [0.05, 0.1) is 22.9 Å². The molecule has 1 spiro atoms. The number of nitrogens with zero attached hydrogens (tertiary/aromatic N) is 4. The largest absolute Gasteiger partial charge is 0.508 e. The van der Waals surface area contributed by atoms with Gasteiger partial charge >= 0.3 is 22.5 Å². The van der Waals surface area contributed by atoms with Gasteiger partial charge in [-0.05, 0) is 87.8 Å². The van der Waals surface area contributed by atoms with E-state index >= 15 is 4.39 Å². The smallest absolute Gasteiger partial charge is 0.451 e. The van der Waals surface area contributed by atoms with Crippen LogP contribution < -0.4 is 15.0 Å². The van der Waals surface area contributed by atoms with Crippen molar-refractivity contribution >= 4 is 39.0 Å². The van der Waals surface area contributed by atoms with Gasteiger partial charge in [0.1, 0.15) is 24.6 Å². The molecule has 0 radical (unpaired) electrons. The average Bonchev–Trinajstić information content (AvgIpc) is 3.13. The molecule has 17 heteroatoms. The lowest BCUT2D eigenvalue weighted by Crippen LogP contribution is -2.51. The lowest BCUT2D eigenvalue weighted by Gasteiger charge is -2.52. The van der Waals surface area contributed by atoms with E-state index in [4.69, 9.17) is 18.9 Å². The average molecular weight is 784 g/mol. The standard InChI is InChI=1S/C38H43F2N5O9S/c1-37(2,3)54-35(47)44-16-14-38(15-17-44)21-26(22-38)45-24-41-30-12-10-27(20-28(30)34(45)46)53-33-29(39)11-13-31(32(33)40)42-55(49,50)43(4)18-19-51-36(48)52-23-25-8-6-5-7-9-25/h5-13,20,24,26,42H,14-19,21-23H2,1-4H3. The molecule has 1 aromatic heterocycles. The summed E-state index contributed by atoms with van der Waals surface area (Å²) in [6.07, 6.45) is 3.22. The van der Waals surface area contributed by atoms with Crippen LogP contribution in [-0.2, 0) is 31.0 Å². The predicted molar refractivity (Wildman–Crippen MR) is 198 cm³/mol. The second-order valence-electron chi connectivity index (χ2n) is 14.8. The van der Waals surface area contributed by atoms with Crippen LogP contribution in [0.2, 0.25) is 0 Å². The number of fused-ring (bicyclic) bond motifs is 1. The first-order valence-electron chi connectivity index (χ1n) is 17.7. The van der Waals surface area contributed by atoms with Crippen molar-refractivity contribution in [3.8, 4) is 11.5 Å². The van der Waals surface area contributed by atoms with Crippen molar-refractivity contribution in [3.05, 3.63) is 94.5 Å². The molecule has 6 rings (SSSR count). The summed E-state index contributed by atoms with van der Waals surface area (Å²) in [5, 5.41) is 0.172. The summed E-state index contributed by atoms with van der Waals surface area (Å²) in [5.74, 6) is -3.42. The van der Waals surface area contributed by atoms with Crippen LogP contribution in [-0.4, -0.2) is 78.3 Å². The number of hydrogen-bond donors (Lipinski definition) is 1. The Bertz CT molecular complexity index is 2220. The third kappa shape index (κ3) is 9.33. The highest BCUT2D eigenvalue weighted by atomic mass is 32.2. The van der Waals surface area contributed by atoms with Gasteiger partial charge in [0.15, 0.2) is 11.6 Å². The number of nitrogens with one attached hydrogen (secondary N) is 1. The van der Waals surface area contributed by atoms with Gasteiger partial charge < -0.3 is 23.8 Å². The van der Waals surface area contributed by atoms with E-state index in [0.717, 1.165) is 47.7 Å². The molecule has 1 saturated carbocycles. The highest BCUT2D eigenvalue weighted by Crippen LogP contribution is 2.54. The van der Waals surface area contributed by atoms with Crippen molar-refractivity contribution in [2.24, 2.45) is 5.41 Å². The maximum absolute atomic E-state index is 15.6. The number of ether oxygens (including phenoxy) is 4. The van der Waals surface area contributed by atoms with Crippen molar-refractivity contribution in [1.29, 1.82) is 0 Å². The van der Waals surface area contributed by atoms with Crippen LogP contribution in [0, 0.1) is 17.0 Å². The lowest BCUT2D eigenvalue weighted by atomic mass is 9.60. The maximum Gasteiger partial charge on any atom is 0.508 e. The first-order valence-corrected chi connectivity index (χ1v) is 19.2. The number of carbonyl (C=O) groups excluding carboxylic acids is 2. The number of rotatable bonds is 11. The monoisotopic (exact) mass is 783 g/mol. The van der Waals surface area contributed by atoms with E-state index in [1.807, 2.05) is 26.8 Å². The van der Waals surface area contributed by atoms with Gasteiger partial charge in [-0.1, -0.05) is 30.3 Å². The van der Waals surface area contributed by atoms with Crippen LogP contribution >= 0.6 is 0 Å². The number of anilines is 1. The second-order valence-corrected chi connectivity index (χ2v) is 16.6. The molecule has 1 amide bonds. The Labute approximate surface area is 317 Å². The molecular formula is C38H43F2N5O9S. The Morgan fingerprint density at radius 1 is 1.02 bits per heavy atom. The summed E-state index contributed by atoms with van der Waals surface area (Å²) in [6.45, 7) is 5.94. The number of benzene rings is 3. The fraction of sp³-hybridized carbons (Fsp3) is 0.421. The number of aromatic nitrogens is 2. The van der Waals surface area contributed by atoms with Crippen LogP contribution in [0.1, 0.15) is 58.1 Å². The summed E-state index contributed by atoms with van der Waals surface area (Å²) >= 11 is 0. The number of piperidine rings is 1. The zero-order chi connectivity index (χ0) is 39.5. The lowest BCUT2D eigenvalue weighted by molar-refractivity contribution is -0.0241. The van der Waals surface area contributed by atoms with Crippen molar-refractivity contribution in [3.63, 3.8) is 0 Å². The molecule has 1 saturated heterocycles. The van der Waals surface area contributed by atoms with Crippen molar-refractivity contribution in [1.82, 2.24) is 18.8 Å². The molecule has 0 bridgehead atoms. The predicted octanol–water partition coefficient (Wildman–Crippen LogP) is 6.76. The molecule has 14 nitrogen and oxygen atoms in total.